The van der Waals surface area contributed by atoms with Crippen LogP contribution >= 0.6 is 0 Å². The van der Waals surface area contributed by atoms with E-state index in [0.29, 0.717) is 12.3 Å². The van der Waals surface area contributed by atoms with Crippen LogP contribution in [0.2, 0.25) is 0 Å². The van der Waals surface area contributed by atoms with Gasteiger partial charge in [0.05, 0.1) is 6.61 Å². The Morgan fingerprint density at radius 3 is 2.88 bits per heavy atom. The molecule has 0 unspecified atom stereocenters. The summed E-state index contributed by atoms with van der Waals surface area (Å²) in [5.74, 6) is 0.395. The average molecular weight is 237 g/mol. The molecule has 1 aromatic carbocycles. The fourth-order valence-corrected chi connectivity index (χ4v) is 1.58. The molecule has 0 aliphatic rings. The zero-order valence-electron chi connectivity index (χ0n) is 10.8. The Labute approximate surface area is 104 Å². The van der Waals surface area contributed by atoms with Gasteiger partial charge in [0, 0.05) is 25.3 Å². The lowest BCUT2D eigenvalue weighted by atomic mass is 10.1. The fraction of sp³-hybridized carbons (Fsp3) is 0.571. The lowest BCUT2D eigenvalue weighted by Gasteiger charge is -2.08. The van der Waals surface area contributed by atoms with Gasteiger partial charge in [-0.15, -0.1) is 0 Å². The summed E-state index contributed by atoms with van der Waals surface area (Å²) >= 11 is 0. The van der Waals surface area contributed by atoms with Crippen LogP contribution in [0.25, 0.3) is 0 Å². The van der Waals surface area contributed by atoms with Crippen LogP contribution in [0.1, 0.15) is 30.9 Å². The van der Waals surface area contributed by atoms with Gasteiger partial charge >= 0.3 is 0 Å². The molecule has 96 valence electrons. The third kappa shape index (κ3) is 5.20. The predicted octanol–water partition coefficient (Wildman–Crippen LogP) is 2.61. The standard InChI is InChI=1S/C14H23NO2/c1-3-4-9-17-10-8-15-11-13-7-5-6-12(2)14(13)16/h5-7,15-16H,3-4,8-11H2,1-2H3. The molecule has 0 atom stereocenters. The molecule has 17 heavy (non-hydrogen) atoms. The molecule has 0 aromatic heterocycles. The highest BCUT2D eigenvalue weighted by atomic mass is 16.5. The van der Waals surface area contributed by atoms with Crippen LogP contribution in [0.15, 0.2) is 18.2 Å². The summed E-state index contributed by atoms with van der Waals surface area (Å²) in [4.78, 5) is 0. The van der Waals surface area contributed by atoms with Crippen LogP contribution in [0.4, 0.5) is 0 Å². The first-order valence-electron chi connectivity index (χ1n) is 6.31. The minimum atomic E-state index is 0.395. The molecular formula is C14H23NO2. The van der Waals surface area contributed by atoms with E-state index in [9.17, 15) is 5.11 Å². The van der Waals surface area contributed by atoms with Crippen molar-refractivity contribution in [3.63, 3.8) is 0 Å². The maximum atomic E-state index is 9.80. The highest BCUT2D eigenvalue weighted by Crippen LogP contribution is 2.20. The molecule has 0 amide bonds. The van der Waals surface area contributed by atoms with Crippen molar-refractivity contribution in [2.45, 2.75) is 33.2 Å². The number of aryl methyl sites for hydroxylation is 1. The predicted molar refractivity (Wildman–Crippen MR) is 70.3 cm³/mol. The van der Waals surface area contributed by atoms with Crippen molar-refractivity contribution in [2.24, 2.45) is 0 Å². The van der Waals surface area contributed by atoms with E-state index in [-0.39, 0.29) is 0 Å². The smallest absolute Gasteiger partial charge is 0.122 e. The third-order valence-electron chi connectivity index (χ3n) is 2.70. The van der Waals surface area contributed by atoms with E-state index in [2.05, 4.69) is 12.2 Å². The molecule has 2 N–H and O–H groups in total. The van der Waals surface area contributed by atoms with E-state index < -0.39 is 0 Å². The maximum Gasteiger partial charge on any atom is 0.122 e. The SMILES string of the molecule is CCCCOCCNCc1cccc(C)c1O. The van der Waals surface area contributed by atoms with E-state index in [1.807, 2.05) is 25.1 Å². The van der Waals surface area contributed by atoms with Crippen molar-refractivity contribution in [3.05, 3.63) is 29.3 Å². The quantitative estimate of drug-likeness (QED) is 0.683. The van der Waals surface area contributed by atoms with Gasteiger partial charge in [0.1, 0.15) is 5.75 Å². The van der Waals surface area contributed by atoms with Gasteiger partial charge in [-0.1, -0.05) is 31.5 Å². The van der Waals surface area contributed by atoms with Gasteiger partial charge < -0.3 is 15.2 Å². The van der Waals surface area contributed by atoms with Crippen molar-refractivity contribution in [1.82, 2.24) is 5.32 Å². The monoisotopic (exact) mass is 237 g/mol. The Kier molecular flexibility index (Phi) is 6.67. The van der Waals surface area contributed by atoms with Crippen molar-refractivity contribution < 1.29 is 9.84 Å². The summed E-state index contributed by atoms with van der Waals surface area (Å²) in [5, 5.41) is 13.1. The van der Waals surface area contributed by atoms with Gasteiger partial charge in [0.15, 0.2) is 0 Å². The van der Waals surface area contributed by atoms with Crippen LogP contribution in [0.5, 0.6) is 5.75 Å². The topological polar surface area (TPSA) is 41.5 Å². The van der Waals surface area contributed by atoms with E-state index in [4.69, 9.17) is 4.74 Å². The highest BCUT2D eigenvalue weighted by Gasteiger charge is 2.02. The van der Waals surface area contributed by atoms with Crippen molar-refractivity contribution in [3.8, 4) is 5.75 Å². The molecule has 0 aliphatic carbocycles. The number of aromatic hydroxyl groups is 1. The number of rotatable bonds is 8. The second kappa shape index (κ2) is 8.09. The van der Waals surface area contributed by atoms with Crippen LogP contribution in [-0.2, 0) is 11.3 Å². The number of benzene rings is 1. The maximum absolute atomic E-state index is 9.80. The third-order valence-corrected chi connectivity index (χ3v) is 2.70. The molecule has 1 aromatic rings. The second-order valence-electron chi connectivity index (χ2n) is 4.23. The Hall–Kier alpha value is -1.06. The van der Waals surface area contributed by atoms with Crippen molar-refractivity contribution in [1.29, 1.82) is 0 Å². The molecule has 3 nitrogen and oxygen atoms in total. The Morgan fingerprint density at radius 1 is 1.29 bits per heavy atom. The first-order valence-corrected chi connectivity index (χ1v) is 6.31. The minimum Gasteiger partial charge on any atom is -0.507 e. The molecule has 1 rings (SSSR count). The van der Waals surface area contributed by atoms with Crippen LogP contribution in [-0.4, -0.2) is 24.9 Å². The first kappa shape index (κ1) is 14.0. The lowest BCUT2D eigenvalue weighted by molar-refractivity contribution is 0.133. The fourth-order valence-electron chi connectivity index (χ4n) is 1.58. The first-order chi connectivity index (χ1) is 8.25. The molecule has 0 heterocycles. The number of hydrogen-bond donors (Lipinski definition) is 2. The van der Waals surface area contributed by atoms with Gasteiger partial charge in [-0.2, -0.15) is 0 Å². The van der Waals surface area contributed by atoms with Gasteiger partial charge in [-0.25, -0.2) is 0 Å². The largest absolute Gasteiger partial charge is 0.507 e. The minimum absolute atomic E-state index is 0.395. The molecule has 0 radical (unpaired) electrons. The summed E-state index contributed by atoms with van der Waals surface area (Å²) in [6, 6.07) is 5.81. The lowest BCUT2D eigenvalue weighted by Crippen LogP contribution is -2.19. The highest BCUT2D eigenvalue weighted by molar-refractivity contribution is 5.39. The second-order valence-corrected chi connectivity index (χ2v) is 4.23. The molecule has 0 saturated heterocycles. The van der Waals surface area contributed by atoms with E-state index in [1.165, 1.54) is 6.42 Å². The summed E-state index contributed by atoms with van der Waals surface area (Å²) in [6.07, 6.45) is 2.29. The zero-order valence-corrected chi connectivity index (χ0v) is 10.8. The molecule has 0 saturated carbocycles. The van der Waals surface area contributed by atoms with E-state index >= 15 is 0 Å². The molecule has 0 aliphatic heterocycles. The summed E-state index contributed by atoms with van der Waals surface area (Å²) < 4.78 is 5.44. The zero-order chi connectivity index (χ0) is 12.5. The van der Waals surface area contributed by atoms with Crippen LogP contribution < -0.4 is 5.32 Å². The van der Waals surface area contributed by atoms with Crippen molar-refractivity contribution >= 4 is 0 Å². The van der Waals surface area contributed by atoms with Gasteiger partial charge in [-0.3, -0.25) is 0 Å². The van der Waals surface area contributed by atoms with Gasteiger partial charge in [-0.05, 0) is 18.9 Å². The number of phenolic OH excluding ortho intramolecular Hbond substituents is 1. The molecular weight excluding hydrogens is 214 g/mol. The molecule has 3 heteroatoms. The molecule has 0 spiro atoms. The number of ether oxygens (including phenoxy) is 1. The van der Waals surface area contributed by atoms with E-state index in [0.717, 1.165) is 37.3 Å². The Balaban J connectivity index is 2.16. The number of para-hydroxylation sites is 1. The number of unbranched alkanes of at least 4 members (excludes halogenated alkanes) is 1. The van der Waals surface area contributed by atoms with Gasteiger partial charge in [0.25, 0.3) is 0 Å². The summed E-state index contributed by atoms with van der Waals surface area (Å²) in [5.41, 5.74) is 1.86. The van der Waals surface area contributed by atoms with Crippen LogP contribution in [0.3, 0.4) is 0 Å². The van der Waals surface area contributed by atoms with Gasteiger partial charge in [0.2, 0.25) is 0 Å². The summed E-state index contributed by atoms with van der Waals surface area (Å²) in [6.45, 7) is 7.14. The summed E-state index contributed by atoms with van der Waals surface area (Å²) in [7, 11) is 0. The Morgan fingerprint density at radius 2 is 2.12 bits per heavy atom. The molecule has 0 fully saturated rings. The Bertz CT molecular complexity index is 326. The number of phenols is 1. The normalized spacial score (nSPS) is 10.7. The van der Waals surface area contributed by atoms with Crippen molar-refractivity contribution in [2.75, 3.05) is 19.8 Å². The number of nitrogens with one attached hydrogen (secondary N) is 1. The average Bonchev–Trinajstić information content (AvgIpc) is 2.33. The van der Waals surface area contributed by atoms with E-state index in [1.54, 1.807) is 0 Å². The molecule has 0 bridgehead atoms. The van der Waals surface area contributed by atoms with Crippen LogP contribution in [0, 0.1) is 6.92 Å². The number of hydrogen-bond acceptors (Lipinski definition) is 3.